The Labute approximate surface area is 126 Å². The fourth-order valence-electron chi connectivity index (χ4n) is 1.88. The average molecular weight is 352 g/mol. The normalized spacial score (nSPS) is 21.6. The molecule has 5 nitrogen and oxygen atoms in total. The molecule has 0 spiro atoms. The molecule has 3 N–H and O–H groups in total. The predicted octanol–water partition coefficient (Wildman–Crippen LogP) is 1.54. The van der Waals surface area contributed by atoms with Crippen LogP contribution in [0, 0.1) is 0 Å². The first kappa shape index (κ1) is 16.2. The molecule has 0 aromatic heterocycles. The molecule has 0 saturated carbocycles. The SMILES string of the molecule is COc1cc(NC(=O)C2CC(O)CN2)ccc1Br.Cl. The topological polar surface area (TPSA) is 70.6 Å². The Morgan fingerprint density at radius 3 is 2.89 bits per heavy atom. The third-order valence-corrected chi connectivity index (χ3v) is 3.50. The molecule has 2 rings (SSSR count). The highest BCUT2D eigenvalue weighted by Gasteiger charge is 2.27. The number of hydrogen-bond acceptors (Lipinski definition) is 4. The van der Waals surface area contributed by atoms with E-state index in [-0.39, 0.29) is 24.4 Å². The third kappa shape index (κ3) is 4.07. The van der Waals surface area contributed by atoms with E-state index < -0.39 is 6.10 Å². The summed E-state index contributed by atoms with van der Waals surface area (Å²) in [6, 6.07) is 5.00. The first-order valence-corrected chi connectivity index (χ1v) is 6.45. The minimum absolute atomic E-state index is 0. The number of carbonyl (C=O) groups is 1. The van der Waals surface area contributed by atoms with Gasteiger partial charge < -0.3 is 20.5 Å². The minimum atomic E-state index is -0.444. The average Bonchev–Trinajstić information content (AvgIpc) is 2.78. The second-order valence-corrected chi connectivity index (χ2v) is 5.04. The Bertz CT molecular complexity index is 459. The zero-order chi connectivity index (χ0) is 13.1. The molecule has 1 amide bonds. The lowest BCUT2D eigenvalue weighted by molar-refractivity contribution is -0.117. The number of amides is 1. The quantitative estimate of drug-likeness (QED) is 0.772. The molecule has 1 fully saturated rings. The maximum absolute atomic E-state index is 11.9. The van der Waals surface area contributed by atoms with Gasteiger partial charge in [-0.25, -0.2) is 0 Å². The van der Waals surface area contributed by atoms with Gasteiger partial charge in [-0.2, -0.15) is 0 Å². The summed E-state index contributed by atoms with van der Waals surface area (Å²) in [5, 5.41) is 15.1. The van der Waals surface area contributed by atoms with Gasteiger partial charge in [0.1, 0.15) is 5.75 Å². The van der Waals surface area contributed by atoms with Crippen molar-refractivity contribution >= 4 is 39.9 Å². The van der Waals surface area contributed by atoms with Crippen molar-refractivity contribution in [2.45, 2.75) is 18.6 Å². The predicted molar refractivity (Wildman–Crippen MR) is 79.0 cm³/mol. The van der Waals surface area contributed by atoms with Gasteiger partial charge in [0, 0.05) is 18.3 Å². The van der Waals surface area contributed by atoms with Gasteiger partial charge in [0.05, 0.1) is 23.7 Å². The van der Waals surface area contributed by atoms with Crippen LogP contribution < -0.4 is 15.4 Å². The molecule has 1 heterocycles. The lowest BCUT2D eigenvalue weighted by Gasteiger charge is -2.12. The highest BCUT2D eigenvalue weighted by atomic mass is 79.9. The Morgan fingerprint density at radius 1 is 1.58 bits per heavy atom. The maximum Gasteiger partial charge on any atom is 0.241 e. The number of aliphatic hydroxyl groups excluding tert-OH is 1. The molecule has 1 aromatic carbocycles. The summed E-state index contributed by atoms with van der Waals surface area (Å²) in [6.45, 7) is 0.460. The number of carbonyl (C=O) groups excluding carboxylic acids is 1. The second kappa shape index (κ2) is 7.09. The summed E-state index contributed by atoms with van der Waals surface area (Å²) in [5.41, 5.74) is 0.670. The van der Waals surface area contributed by atoms with Crippen LogP contribution in [-0.4, -0.2) is 36.8 Å². The zero-order valence-corrected chi connectivity index (χ0v) is 12.8. The number of anilines is 1. The summed E-state index contributed by atoms with van der Waals surface area (Å²) in [5.74, 6) is 0.517. The van der Waals surface area contributed by atoms with E-state index in [1.807, 2.05) is 6.07 Å². The fraction of sp³-hybridized carbons (Fsp3) is 0.417. The van der Waals surface area contributed by atoms with E-state index in [2.05, 4.69) is 26.6 Å². The van der Waals surface area contributed by atoms with E-state index in [9.17, 15) is 9.90 Å². The van der Waals surface area contributed by atoms with Crippen LogP contribution in [-0.2, 0) is 4.79 Å². The molecular formula is C12H16BrClN2O3. The molecule has 0 radical (unpaired) electrons. The number of rotatable bonds is 3. The van der Waals surface area contributed by atoms with Crippen LogP contribution in [0.5, 0.6) is 5.75 Å². The summed E-state index contributed by atoms with van der Waals surface area (Å²) in [6.07, 6.45) is -0.000311. The summed E-state index contributed by atoms with van der Waals surface area (Å²) >= 11 is 3.35. The van der Waals surface area contributed by atoms with E-state index in [0.29, 0.717) is 24.4 Å². The summed E-state index contributed by atoms with van der Waals surface area (Å²) in [4.78, 5) is 11.9. The number of halogens is 2. The Kier molecular flexibility index (Phi) is 6.06. The van der Waals surface area contributed by atoms with Crippen LogP contribution in [0.1, 0.15) is 6.42 Å². The molecular weight excluding hydrogens is 336 g/mol. The Balaban J connectivity index is 0.00000180. The van der Waals surface area contributed by atoms with Gasteiger partial charge in [0.2, 0.25) is 5.91 Å². The number of ether oxygens (including phenoxy) is 1. The van der Waals surface area contributed by atoms with Crippen molar-refractivity contribution in [3.05, 3.63) is 22.7 Å². The van der Waals surface area contributed by atoms with Gasteiger partial charge in [-0.1, -0.05) is 0 Å². The molecule has 1 aliphatic rings. The minimum Gasteiger partial charge on any atom is -0.495 e. The monoisotopic (exact) mass is 350 g/mol. The van der Waals surface area contributed by atoms with E-state index in [4.69, 9.17) is 4.74 Å². The number of aliphatic hydroxyl groups is 1. The number of β-amino-alcohol motifs (C(OH)–C–C–N with tert-alkyl or cyclic N) is 1. The lowest BCUT2D eigenvalue weighted by atomic mass is 10.2. The summed E-state index contributed by atoms with van der Waals surface area (Å²) in [7, 11) is 1.57. The van der Waals surface area contributed by atoms with E-state index in [1.165, 1.54) is 0 Å². The number of hydrogen-bond donors (Lipinski definition) is 3. The Hall–Kier alpha value is -0.820. The molecule has 19 heavy (non-hydrogen) atoms. The number of benzene rings is 1. The van der Waals surface area contributed by atoms with Crippen LogP contribution in [0.15, 0.2) is 22.7 Å². The first-order chi connectivity index (χ1) is 8.60. The number of methoxy groups -OCH3 is 1. The van der Waals surface area contributed by atoms with Gasteiger partial charge in [-0.05, 0) is 34.5 Å². The largest absolute Gasteiger partial charge is 0.495 e. The van der Waals surface area contributed by atoms with Crippen LogP contribution in [0.3, 0.4) is 0 Å². The molecule has 2 unspecified atom stereocenters. The van der Waals surface area contributed by atoms with Crippen LogP contribution in [0.2, 0.25) is 0 Å². The van der Waals surface area contributed by atoms with Crippen molar-refractivity contribution in [3.63, 3.8) is 0 Å². The van der Waals surface area contributed by atoms with Gasteiger partial charge in [0.15, 0.2) is 0 Å². The van der Waals surface area contributed by atoms with Crippen molar-refractivity contribution in [1.29, 1.82) is 0 Å². The van der Waals surface area contributed by atoms with Crippen molar-refractivity contribution < 1.29 is 14.6 Å². The van der Waals surface area contributed by atoms with Crippen molar-refractivity contribution in [1.82, 2.24) is 5.32 Å². The molecule has 1 aromatic rings. The highest BCUT2D eigenvalue weighted by Crippen LogP contribution is 2.28. The molecule has 106 valence electrons. The molecule has 1 saturated heterocycles. The third-order valence-electron chi connectivity index (χ3n) is 2.84. The first-order valence-electron chi connectivity index (χ1n) is 5.66. The van der Waals surface area contributed by atoms with Gasteiger partial charge >= 0.3 is 0 Å². The zero-order valence-electron chi connectivity index (χ0n) is 10.4. The van der Waals surface area contributed by atoms with E-state index in [1.54, 1.807) is 19.2 Å². The van der Waals surface area contributed by atoms with Gasteiger partial charge in [0.25, 0.3) is 0 Å². The van der Waals surface area contributed by atoms with Crippen molar-refractivity contribution in [2.75, 3.05) is 19.0 Å². The smallest absolute Gasteiger partial charge is 0.241 e. The van der Waals surface area contributed by atoms with Gasteiger partial charge in [-0.15, -0.1) is 12.4 Å². The Morgan fingerprint density at radius 2 is 2.32 bits per heavy atom. The number of nitrogens with one attached hydrogen (secondary N) is 2. The highest BCUT2D eigenvalue weighted by molar-refractivity contribution is 9.10. The summed E-state index contributed by atoms with van der Waals surface area (Å²) < 4.78 is 5.99. The standard InChI is InChI=1S/C12H15BrN2O3.ClH/c1-18-11-4-7(2-3-9(11)13)15-12(17)10-5-8(16)6-14-10;/h2-4,8,10,14,16H,5-6H2,1H3,(H,15,17);1H. The van der Waals surface area contributed by atoms with Crippen molar-refractivity contribution in [3.8, 4) is 5.75 Å². The maximum atomic E-state index is 11.9. The van der Waals surface area contributed by atoms with Crippen molar-refractivity contribution in [2.24, 2.45) is 0 Å². The molecule has 2 atom stereocenters. The molecule has 7 heteroatoms. The second-order valence-electron chi connectivity index (χ2n) is 4.19. The fourth-order valence-corrected chi connectivity index (χ4v) is 2.29. The van der Waals surface area contributed by atoms with Crippen LogP contribution >= 0.6 is 28.3 Å². The van der Waals surface area contributed by atoms with E-state index >= 15 is 0 Å². The molecule has 0 aliphatic carbocycles. The van der Waals surface area contributed by atoms with Crippen LogP contribution in [0.4, 0.5) is 5.69 Å². The van der Waals surface area contributed by atoms with Crippen LogP contribution in [0.25, 0.3) is 0 Å². The molecule has 1 aliphatic heterocycles. The van der Waals surface area contributed by atoms with E-state index in [0.717, 1.165) is 4.47 Å². The lowest BCUT2D eigenvalue weighted by Crippen LogP contribution is -2.35. The molecule has 0 bridgehead atoms. The van der Waals surface area contributed by atoms with Gasteiger partial charge in [-0.3, -0.25) is 4.79 Å².